The number of hydrogen-bond acceptors (Lipinski definition) is 4. The molecule has 0 aromatic carbocycles. The number of likely N-dealkylation sites (N-methyl/N-ethyl adjacent to an activating group) is 1. The van der Waals surface area contributed by atoms with Crippen molar-refractivity contribution in [3.63, 3.8) is 0 Å². The summed E-state index contributed by atoms with van der Waals surface area (Å²) in [5.74, 6) is 0.170. The van der Waals surface area contributed by atoms with E-state index in [0.29, 0.717) is 18.7 Å². The van der Waals surface area contributed by atoms with Gasteiger partial charge in [0.05, 0.1) is 12.7 Å². The quantitative estimate of drug-likeness (QED) is 0.776. The Labute approximate surface area is 140 Å². The van der Waals surface area contributed by atoms with Crippen molar-refractivity contribution < 1.29 is 14.3 Å². The lowest BCUT2D eigenvalue weighted by molar-refractivity contribution is -0.147. The highest BCUT2D eigenvalue weighted by Crippen LogP contribution is 2.29. The predicted molar refractivity (Wildman–Crippen MR) is 89.4 cm³/mol. The van der Waals surface area contributed by atoms with Gasteiger partial charge in [0.1, 0.15) is 6.10 Å². The second kappa shape index (κ2) is 7.95. The van der Waals surface area contributed by atoms with Crippen LogP contribution in [-0.4, -0.2) is 73.3 Å². The first-order valence-corrected chi connectivity index (χ1v) is 9.40. The van der Waals surface area contributed by atoms with Crippen molar-refractivity contribution in [2.24, 2.45) is 0 Å². The van der Waals surface area contributed by atoms with E-state index in [0.717, 1.165) is 45.4 Å². The van der Waals surface area contributed by atoms with Crippen LogP contribution < -0.4 is 0 Å². The maximum absolute atomic E-state index is 12.8. The zero-order chi connectivity index (χ0) is 16.2. The van der Waals surface area contributed by atoms with E-state index >= 15 is 0 Å². The molecule has 3 aliphatic rings. The molecule has 1 amide bonds. The van der Waals surface area contributed by atoms with Crippen LogP contribution in [0.25, 0.3) is 0 Å². The van der Waals surface area contributed by atoms with E-state index < -0.39 is 0 Å². The third kappa shape index (κ3) is 4.06. The average Bonchev–Trinajstić information content (AvgIpc) is 3.21. The van der Waals surface area contributed by atoms with E-state index in [1.165, 1.54) is 19.3 Å². The molecule has 3 saturated heterocycles. The Balaban J connectivity index is 1.51. The molecule has 3 heterocycles. The Morgan fingerprint density at radius 3 is 2.61 bits per heavy atom. The van der Waals surface area contributed by atoms with E-state index in [9.17, 15) is 4.79 Å². The molecule has 0 spiro atoms. The molecule has 4 atom stereocenters. The minimum absolute atomic E-state index is 0.170. The third-order valence-corrected chi connectivity index (χ3v) is 5.76. The lowest BCUT2D eigenvalue weighted by Gasteiger charge is -2.34. The molecule has 5 nitrogen and oxygen atoms in total. The molecule has 5 heteroatoms. The van der Waals surface area contributed by atoms with Crippen molar-refractivity contribution in [2.75, 3.05) is 33.4 Å². The fraction of sp³-hybridized carbons (Fsp3) is 0.944. The van der Waals surface area contributed by atoms with Crippen molar-refractivity contribution in [3.8, 4) is 0 Å². The van der Waals surface area contributed by atoms with Crippen molar-refractivity contribution in [1.82, 2.24) is 9.80 Å². The van der Waals surface area contributed by atoms with Gasteiger partial charge in [0.25, 0.3) is 5.91 Å². The topological polar surface area (TPSA) is 42.0 Å². The van der Waals surface area contributed by atoms with Crippen molar-refractivity contribution in [2.45, 2.75) is 76.2 Å². The molecule has 0 unspecified atom stereocenters. The van der Waals surface area contributed by atoms with Gasteiger partial charge in [0.15, 0.2) is 0 Å². The predicted octanol–water partition coefficient (Wildman–Crippen LogP) is 2.05. The molecule has 0 N–H and O–H groups in total. The summed E-state index contributed by atoms with van der Waals surface area (Å²) >= 11 is 0. The summed E-state index contributed by atoms with van der Waals surface area (Å²) in [4.78, 5) is 17.4. The van der Waals surface area contributed by atoms with Crippen molar-refractivity contribution in [1.29, 1.82) is 0 Å². The molecule has 0 saturated carbocycles. The summed E-state index contributed by atoms with van der Waals surface area (Å²) < 4.78 is 11.6. The first-order valence-electron chi connectivity index (χ1n) is 9.40. The smallest absolute Gasteiger partial charge is 0.251 e. The van der Waals surface area contributed by atoms with Crippen LogP contribution in [0.15, 0.2) is 0 Å². The van der Waals surface area contributed by atoms with Crippen LogP contribution in [-0.2, 0) is 14.3 Å². The summed E-state index contributed by atoms with van der Waals surface area (Å²) in [5, 5.41) is 0. The molecule has 0 aliphatic carbocycles. The second-order valence-corrected chi connectivity index (χ2v) is 7.40. The van der Waals surface area contributed by atoms with Crippen LogP contribution in [0.1, 0.15) is 51.9 Å². The number of hydrogen-bond donors (Lipinski definition) is 0. The Morgan fingerprint density at radius 2 is 1.91 bits per heavy atom. The molecule has 3 rings (SSSR count). The Hall–Kier alpha value is -0.650. The second-order valence-electron chi connectivity index (χ2n) is 7.40. The van der Waals surface area contributed by atoms with Crippen LogP contribution in [0.5, 0.6) is 0 Å². The van der Waals surface area contributed by atoms with E-state index in [2.05, 4.69) is 16.8 Å². The van der Waals surface area contributed by atoms with Gasteiger partial charge in [-0.3, -0.25) is 4.79 Å². The van der Waals surface area contributed by atoms with Crippen LogP contribution in [0, 0.1) is 0 Å². The van der Waals surface area contributed by atoms with Gasteiger partial charge < -0.3 is 19.3 Å². The van der Waals surface area contributed by atoms with Gasteiger partial charge in [0.2, 0.25) is 0 Å². The number of amides is 1. The standard InChI is InChI=1S/C18H32N2O3/c1-14(23-13-15-7-3-4-12-22-15)18(21)20-11-6-9-17(20)16-8-5-10-19(16)2/h14-17H,3-13H2,1-2H3/t14-,15-,16-,17-/m0/s1. The minimum Gasteiger partial charge on any atom is -0.376 e. The van der Waals surface area contributed by atoms with Gasteiger partial charge in [-0.25, -0.2) is 0 Å². The molecule has 0 radical (unpaired) electrons. The van der Waals surface area contributed by atoms with E-state index in [4.69, 9.17) is 9.47 Å². The highest BCUT2D eigenvalue weighted by Gasteiger charge is 2.39. The summed E-state index contributed by atoms with van der Waals surface area (Å²) in [5.41, 5.74) is 0. The number of carbonyl (C=O) groups is 1. The zero-order valence-electron chi connectivity index (χ0n) is 14.7. The first kappa shape index (κ1) is 17.2. The Kier molecular flexibility index (Phi) is 5.94. The van der Waals surface area contributed by atoms with Gasteiger partial charge >= 0.3 is 0 Å². The zero-order valence-corrected chi connectivity index (χ0v) is 14.7. The normalized spacial score (nSPS) is 34.0. The number of likely N-dealkylation sites (tertiary alicyclic amines) is 2. The van der Waals surface area contributed by atoms with Gasteiger partial charge in [-0.1, -0.05) is 0 Å². The molecule has 3 aliphatic heterocycles. The number of nitrogens with zero attached hydrogens (tertiary/aromatic N) is 2. The Bertz CT molecular complexity index is 398. The number of carbonyl (C=O) groups excluding carboxylic acids is 1. The SMILES string of the molecule is C[C@H](OC[C@@H]1CCCCO1)C(=O)N1CCC[C@H]1[C@@H]1CCCN1C. The van der Waals surface area contributed by atoms with E-state index in [1.54, 1.807) is 0 Å². The summed E-state index contributed by atoms with van der Waals surface area (Å²) in [6.07, 6.45) is 7.97. The van der Waals surface area contributed by atoms with Crippen LogP contribution in [0.2, 0.25) is 0 Å². The average molecular weight is 324 g/mol. The lowest BCUT2D eigenvalue weighted by atomic mass is 10.0. The van der Waals surface area contributed by atoms with E-state index in [-0.39, 0.29) is 18.1 Å². The maximum atomic E-state index is 12.8. The monoisotopic (exact) mass is 324 g/mol. The molecule has 3 fully saturated rings. The van der Waals surface area contributed by atoms with Gasteiger partial charge in [-0.2, -0.15) is 0 Å². The molecule has 0 aromatic heterocycles. The third-order valence-electron chi connectivity index (χ3n) is 5.76. The fourth-order valence-corrected chi connectivity index (χ4v) is 4.38. The molecule has 0 bridgehead atoms. The largest absolute Gasteiger partial charge is 0.376 e. The summed E-state index contributed by atoms with van der Waals surface area (Å²) in [6, 6.07) is 0.919. The van der Waals surface area contributed by atoms with Crippen molar-refractivity contribution in [3.05, 3.63) is 0 Å². The van der Waals surface area contributed by atoms with Crippen molar-refractivity contribution >= 4 is 5.91 Å². The number of ether oxygens (including phenoxy) is 2. The van der Waals surface area contributed by atoms with Crippen LogP contribution in [0.4, 0.5) is 0 Å². The van der Waals surface area contributed by atoms with Gasteiger partial charge in [0, 0.05) is 25.2 Å². The first-order chi connectivity index (χ1) is 11.2. The van der Waals surface area contributed by atoms with E-state index in [1.807, 2.05) is 6.92 Å². The maximum Gasteiger partial charge on any atom is 0.251 e. The van der Waals surface area contributed by atoms with Crippen LogP contribution >= 0.6 is 0 Å². The summed E-state index contributed by atoms with van der Waals surface area (Å²) in [7, 11) is 2.19. The van der Waals surface area contributed by atoms with Gasteiger partial charge in [-0.15, -0.1) is 0 Å². The fourth-order valence-electron chi connectivity index (χ4n) is 4.38. The molecule has 23 heavy (non-hydrogen) atoms. The summed E-state index contributed by atoms with van der Waals surface area (Å²) in [6.45, 7) is 5.34. The number of rotatable bonds is 5. The molecule has 132 valence electrons. The minimum atomic E-state index is -0.354. The van der Waals surface area contributed by atoms with Crippen LogP contribution in [0.3, 0.4) is 0 Å². The molecular formula is C18H32N2O3. The molecular weight excluding hydrogens is 292 g/mol. The highest BCUT2D eigenvalue weighted by atomic mass is 16.5. The highest BCUT2D eigenvalue weighted by molar-refractivity contribution is 5.81. The molecule has 0 aromatic rings. The van der Waals surface area contributed by atoms with Gasteiger partial charge in [-0.05, 0) is 65.5 Å². The lowest BCUT2D eigenvalue weighted by Crippen LogP contribution is -2.50. The Morgan fingerprint density at radius 1 is 1.13 bits per heavy atom.